The van der Waals surface area contributed by atoms with Crippen molar-refractivity contribution in [2.75, 3.05) is 5.32 Å². The Bertz CT molecular complexity index is 546. The molecular weight excluding hydrogens is 254 g/mol. The van der Waals surface area contributed by atoms with Gasteiger partial charge in [-0.1, -0.05) is 54.4 Å². The number of aryl methyl sites for hydroxylation is 2. The van der Waals surface area contributed by atoms with Crippen molar-refractivity contribution in [2.24, 2.45) is 0 Å². The first kappa shape index (κ1) is 14.0. The van der Waals surface area contributed by atoms with Crippen LogP contribution in [0.3, 0.4) is 0 Å². The van der Waals surface area contributed by atoms with Crippen molar-refractivity contribution >= 4 is 17.3 Å². The summed E-state index contributed by atoms with van der Waals surface area (Å²) in [6.07, 6.45) is 1.02. The zero-order chi connectivity index (χ0) is 13.8. The molecule has 0 spiro atoms. The molecule has 19 heavy (non-hydrogen) atoms. The highest BCUT2D eigenvalue weighted by molar-refractivity contribution is 6.33. The van der Waals surface area contributed by atoms with Crippen molar-refractivity contribution in [3.8, 4) is 0 Å². The number of benzene rings is 2. The maximum absolute atomic E-state index is 6.28. The third-order valence-electron chi connectivity index (χ3n) is 3.34. The molecule has 0 aliphatic rings. The summed E-state index contributed by atoms with van der Waals surface area (Å²) in [5.41, 5.74) is 4.76. The van der Waals surface area contributed by atoms with Gasteiger partial charge in [-0.2, -0.15) is 0 Å². The molecule has 2 aromatic rings. The highest BCUT2D eigenvalue weighted by Crippen LogP contribution is 2.28. The Morgan fingerprint density at radius 2 is 1.63 bits per heavy atom. The Kier molecular flexibility index (Phi) is 4.49. The molecule has 0 fully saturated rings. The van der Waals surface area contributed by atoms with Gasteiger partial charge in [0.15, 0.2) is 0 Å². The molecule has 1 nitrogen and oxygen atoms in total. The summed E-state index contributed by atoms with van der Waals surface area (Å²) in [7, 11) is 0. The summed E-state index contributed by atoms with van der Waals surface area (Å²) < 4.78 is 0. The van der Waals surface area contributed by atoms with Crippen molar-refractivity contribution in [1.82, 2.24) is 0 Å². The monoisotopic (exact) mass is 273 g/mol. The Morgan fingerprint density at radius 1 is 1.00 bits per heavy atom. The van der Waals surface area contributed by atoms with E-state index < -0.39 is 0 Å². The van der Waals surface area contributed by atoms with Crippen LogP contribution in [0.2, 0.25) is 5.02 Å². The average molecular weight is 274 g/mol. The van der Waals surface area contributed by atoms with E-state index in [1.54, 1.807) is 0 Å². The lowest BCUT2D eigenvalue weighted by atomic mass is 10.0. The lowest BCUT2D eigenvalue weighted by Crippen LogP contribution is -2.10. The summed E-state index contributed by atoms with van der Waals surface area (Å²) in [5.74, 6) is 0. The first-order valence-electron chi connectivity index (χ1n) is 6.69. The lowest BCUT2D eigenvalue weighted by Gasteiger charge is -2.20. The van der Waals surface area contributed by atoms with Crippen LogP contribution >= 0.6 is 11.6 Å². The molecule has 0 aromatic heterocycles. The van der Waals surface area contributed by atoms with Crippen molar-refractivity contribution in [3.63, 3.8) is 0 Å². The van der Waals surface area contributed by atoms with E-state index in [-0.39, 0.29) is 0 Å². The predicted octanol–water partition coefficient (Wildman–Crippen LogP) is 5.52. The summed E-state index contributed by atoms with van der Waals surface area (Å²) >= 11 is 6.28. The van der Waals surface area contributed by atoms with Crippen LogP contribution in [-0.4, -0.2) is 0 Å². The van der Waals surface area contributed by atoms with Crippen molar-refractivity contribution < 1.29 is 0 Å². The first-order valence-corrected chi connectivity index (χ1v) is 7.07. The first-order chi connectivity index (χ1) is 9.10. The van der Waals surface area contributed by atoms with Crippen LogP contribution in [0.5, 0.6) is 0 Å². The maximum Gasteiger partial charge on any atom is 0.0640 e. The van der Waals surface area contributed by atoms with Crippen molar-refractivity contribution in [1.29, 1.82) is 0 Å². The third kappa shape index (κ3) is 3.51. The number of hydrogen-bond donors (Lipinski definition) is 1. The van der Waals surface area contributed by atoms with Crippen LogP contribution in [-0.2, 0) is 0 Å². The van der Waals surface area contributed by atoms with Gasteiger partial charge in [0.1, 0.15) is 0 Å². The third-order valence-corrected chi connectivity index (χ3v) is 3.65. The van der Waals surface area contributed by atoms with Gasteiger partial charge in [0.05, 0.1) is 16.8 Å². The fourth-order valence-electron chi connectivity index (χ4n) is 2.14. The molecule has 2 rings (SSSR count). The maximum atomic E-state index is 6.28. The summed E-state index contributed by atoms with van der Waals surface area (Å²) in [4.78, 5) is 0. The van der Waals surface area contributed by atoms with E-state index in [1.807, 2.05) is 13.0 Å². The van der Waals surface area contributed by atoms with E-state index in [9.17, 15) is 0 Å². The second-order valence-corrected chi connectivity index (χ2v) is 5.41. The quantitative estimate of drug-likeness (QED) is 0.773. The molecule has 100 valence electrons. The topological polar surface area (TPSA) is 12.0 Å². The Morgan fingerprint density at radius 3 is 2.21 bits per heavy atom. The SMILES string of the molecule is CCC(Nc1ccc(C)cc1Cl)c1ccc(C)cc1. The fourth-order valence-corrected chi connectivity index (χ4v) is 2.43. The van der Waals surface area contributed by atoms with Crippen LogP contribution in [0.25, 0.3) is 0 Å². The van der Waals surface area contributed by atoms with E-state index in [0.717, 1.165) is 17.1 Å². The Hall–Kier alpha value is -1.47. The van der Waals surface area contributed by atoms with Crippen molar-refractivity contribution in [2.45, 2.75) is 33.2 Å². The van der Waals surface area contributed by atoms with Gasteiger partial charge in [-0.15, -0.1) is 0 Å². The van der Waals surface area contributed by atoms with Crippen LogP contribution in [0.4, 0.5) is 5.69 Å². The van der Waals surface area contributed by atoms with Crippen LogP contribution in [0.15, 0.2) is 42.5 Å². The van der Waals surface area contributed by atoms with E-state index in [4.69, 9.17) is 11.6 Å². The lowest BCUT2D eigenvalue weighted by molar-refractivity contribution is 0.749. The molecule has 0 heterocycles. The fraction of sp³-hybridized carbons (Fsp3) is 0.294. The van der Waals surface area contributed by atoms with Gasteiger partial charge < -0.3 is 5.32 Å². The normalized spacial score (nSPS) is 12.2. The molecule has 0 saturated heterocycles. The van der Waals surface area contributed by atoms with Gasteiger partial charge in [-0.05, 0) is 43.5 Å². The van der Waals surface area contributed by atoms with Crippen LogP contribution in [0, 0.1) is 13.8 Å². The van der Waals surface area contributed by atoms with Gasteiger partial charge >= 0.3 is 0 Å². The zero-order valence-electron chi connectivity index (χ0n) is 11.7. The highest BCUT2D eigenvalue weighted by Gasteiger charge is 2.10. The van der Waals surface area contributed by atoms with E-state index in [1.165, 1.54) is 16.7 Å². The summed E-state index contributed by atoms with van der Waals surface area (Å²) in [6, 6.07) is 15.1. The Balaban J connectivity index is 2.21. The molecule has 0 radical (unpaired) electrons. The number of nitrogens with one attached hydrogen (secondary N) is 1. The molecule has 1 unspecified atom stereocenters. The molecule has 0 aliphatic carbocycles. The predicted molar refractivity (Wildman–Crippen MR) is 84.0 cm³/mol. The highest BCUT2D eigenvalue weighted by atomic mass is 35.5. The smallest absolute Gasteiger partial charge is 0.0640 e. The molecular formula is C17H20ClN. The molecule has 1 N–H and O–H groups in total. The molecule has 2 aromatic carbocycles. The molecule has 1 atom stereocenters. The van der Waals surface area contributed by atoms with Gasteiger partial charge in [0.25, 0.3) is 0 Å². The van der Waals surface area contributed by atoms with E-state index >= 15 is 0 Å². The number of hydrogen-bond acceptors (Lipinski definition) is 1. The second kappa shape index (κ2) is 6.12. The molecule has 0 amide bonds. The largest absolute Gasteiger partial charge is 0.377 e. The van der Waals surface area contributed by atoms with Crippen molar-refractivity contribution in [3.05, 3.63) is 64.2 Å². The minimum Gasteiger partial charge on any atom is -0.377 e. The average Bonchev–Trinajstić information content (AvgIpc) is 2.39. The van der Waals surface area contributed by atoms with Crippen LogP contribution in [0.1, 0.15) is 36.1 Å². The second-order valence-electron chi connectivity index (χ2n) is 5.00. The Labute approximate surface area is 120 Å². The zero-order valence-corrected chi connectivity index (χ0v) is 12.5. The van der Waals surface area contributed by atoms with E-state index in [2.05, 4.69) is 55.6 Å². The van der Waals surface area contributed by atoms with Gasteiger partial charge in [-0.25, -0.2) is 0 Å². The summed E-state index contributed by atoms with van der Waals surface area (Å²) in [6.45, 7) is 6.33. The molecule has 0 bridgehead atoms. The van der Waals surface area contributed by atoms with Crippen LogP contribution < -0.4 is 5.32 Å². The van der Waals surface area contributed by atoms with Gasteiger partial charge in [-0.3, -0.25) is 0 Å². The number of anilines is 1. The number of halogens is 1. The minimum atomic E-state index is 0.292. The van der Waals surface area contributed by atoms with Gasteiger partial charge in [0.2, 0.25) is 0 Å². The molecule has 0 saturated carbocycles. The molecule has 2 heteroatoms. The standard InChI is InChI=1S/C17H20ClN/c1-4-16(14-8-5-12(2)6-9-14)19-17-10-7-13(3)11-15(17)18/h5-11,16,19H,4H2,1-3H3. The van der Waals surface area contributed by atoms with E-state index in [0.29, 0.717) is 6.04 Å². The summed E-state index contributed by atoms with van der Waals surface area (Å²) in [5, 5.41) is 4.31. The number of rotatable bonds is 4. The molecule has 0 aliphatic heterocycles. The minimum absolute atomic E-state index is 0.292. The van der Waals surface area contributed by atoms with Gasteiger partial charge in [0, 0.05) is 0 Å².